The smallest absolute Gasteiger partial charge is 0.289 e. The van der Waals surface area contributed by atoms with Crippen LogP contribution in [0.3, 0.4) is 0 Å². The molecule has 2 heterocycles. The number of hydrogen-bond donors (Lipinski definition) is 1. The van der Waals surface area contributed by atoms with Crippen LogP contribution in [-0.2, 0) is 9.59 Å². The van der Waals surface area contributed by atoms with Gasteiger partial charge in [-0.2, -0.15) is 0 Å². The number of likely N-dealkylation sites (N-methyl/N-ethyl adjacent to an activating group) is 1. The van der Waals surface area contributed by atoms with Gasteiger partial charge >= 0.3 is 0 Å². The summed E-state index contributed by atoms with van der Waals surface area (Å²) in [6.45, 7) is 9.04. The van der Waals surface area contributed by atoms with Gasteiger partial charge in [0.25, 0.3) is 5.91 Å². The monoisotopic (exact) mass is 363 g/mol. The highest BCUT2D eigenvalue weighted by Gasteiger charge is 2.32. The molecule has 1 atom stereocenters. The maximum Gasteiger partial charge on any atom is 0.289 e. The van der Waals surface area contributed by atoms with Crippen LogP contribution in [0, 0.1) is 5.92 Å². The Morgan fingerprint density at radius 1 is 1.35 bits per heavy atom. The van der Waals surface area contributed by atoms with Crippen LogP contribution in [0.1, 0.15) is 51.1 Å². The quantitative estimate of drug-likeness (QED) is 0.866. The summed E-state index contributed by atoms with van der Waals surface area (Å²) < 4.78 is 5.17. The number of rotatable bonds is 5. The summed E-state index contributed by atoms with van der Waals surface area (Å²) in [5.74, 6) is -0.443. The topological polar surface area (TPSA) is 82.9 Å². The van der Waals surface area contributed by atoms with Gasteiger partial charge in [0.15, 0.2) is 5.76 Å². The number of furan rings is 1. The van der Waals surface area contributed by atoms with Gasteiger partial charge in [-0.15, -0.1) is 0 Å². The van der Waals surface area contributed by atoms with Crippen LogP contribution < -0.4 is 5.32 Å². The van der Waals surface area contributed by atoms with Crippen LogP contribution in [0.2, 0.25) is 0 Å². The number of amides is 3. The molecule has 0 bridgehead atoms. The van der Waals surface area contributed by atoms with Crippen LogP contribution in [0.4, 0.5) is 0 Å². The zero-order valence-electron chi connectivity index (χ0n) is 16.1. The first kappa shape index (κ1) is 20.0. The Balaban J connectivity index is 1.98. The van der Waals surface area contributed by atoms with Gasteiger partial charge < -0.3 is 19.5 Å². The Kier molecular flexibility index (Phi) is 6.45. The van der Waals surface area contributed by atoms with Crippen molar-refractivity contribution in [1.29, 1.82) is 0 Å². The Labute approximate surface area is 154 Å². The van der Waals surface area contributed by atoms with Crippen LogP contribution in [-0.4, -0.2) is 59.2 Å². The van der Waals surface area contributed by atoms with E-state index in [9.17, 15) is 14.4 Å². The van der Waals surface area contributed by atoms with Crippen LogP contribution in [0.5, 0.6) is 0 Å². The Hall–Kier alpha value is -2.31. The standard InChI is InChI=1S/C19H29N3O4/c1-5-21(13-16(23)20-19(2,3)4)17(24)14-8-6-10-22(12-14)18(25)15-9-7-11-26-15/h7,9,11,14H,5-6,8,10,12-13H2,1-4H3,(H,20,23)/t14-/m0/s1. The summed E-state index contributed by atoms with van der Waals surface area (Å²) in [7, 11) is 0. The van der Waals surface area contributed by atoms with Crippen molar-refractivity contribution in [3.63, 3.8) is 0 Å². The second-order valence-electron chi connectivity index (χ2n) is 7.72. The van der Waals surface area contributed by atoms with E-state index in [1.807, 2.05) is 27.7 Å². The molecule has 0 aliphatic carbocycles. The number of likely N-dealkylation sites (tertiary alicyclic amines) is 1. The molecule has 3 amide bonds. The van der Waals surface area contributed by atoms with Crippen molar-refractivity contribution >= 4 is 17.7 Å². The highest BCUT2D eigenvalue weighted by molar-refractivity contribution is 5.92. The molecule has 0 radical (unpaired) electrons. The largest absolute Gasteiger partial charge is 0.459 e. The van der Waals surface area contributed by atoms with Crippen molar-refractivity contribution in [3.8, 4) is 0 Å². The highest BCUT2D eigenvalue weighted by atomic mass is 16.3. The molecule has 1 aromatic heterocycles. The molecule has 144 valence electrons. The third kappa shape index (κ3) is 5.34. The van der Waals surface area contributed by atoms with Crippen molar-refractivity contribution < 1.29 is 18.8 Å². The summed E-state index contributed by atoms with van der Waals surface area (Å²) in [5, 5.41) is 2.88. The van der Waals surface area contributed by atoms with Gasteiger partial charge in [-0.1, -0.05) is 0 Å². The molecule has 1 saturated heterocycles. The van der Waals surface area contributed by atoms with Gasteiger partial charge in [0.05, 0.1) is 18.7 Å². The molecule has 26 heavy (non-hydrogen) atoms. The lowest BCUT2D eigenvalue weighted by molar-refractivity contribution is -0.140. The lowest BCUT2D eigenvalue weighted by atomic mass is 9.96. The third-order valence-electron chi connectivity index (χ3n) is 4.33. The average molecular weight is 363 g/mol. The van der Waals surface area contributed by atoms with Crippen LogP contribution >= 0.6 is 0 Å². The molecular weight excluding hydrogens is 334 g/mol. The van der Waals surface area contributed by atoms with Gasteiger partial charge in [-0.05, 0) is 52.7 Å². The molecule has 1 N–H and O–H groups in total. The lowest BCUT2D eigenvalue weighted by Gasteiger charge is -2.34. The van der Waals surface area contributed by atoms with E-state index in [2.05, 4.69) is 5.32 Å². The fourth-order valence-electron chi connectivity index (χ4n) is 3.15. The Morgan fingerprint density at radius 2 is 2.08 bits per heavy atom. The van der Waals surface area contributed by atoms with Crippen molar-refractivity contribution in [2.24, 2.45) is 5.92 Å². The van der Waals surface area contributed by atoms with Gasteiger partial charge in [-0.25, -0.2) is 0 Å². The molecular formula is C19H29N3O4. The minimum atomic E-state index is -0.337. The second-order valence-corrected chi connectivity index (χ2v) is 7.72. The van der Waals surface area contributed by atoms with E-state index < -0.39 is 0 Å². The number of hydrogen-bond acceptors (Lipinski definition) is 4. The number of nitrogens with zero attached hydrogens (tertiary/aromatic N) is 2. The zero-order valence-corrected chi connectivity index (χ0v) is 16.1. The number of piperidine rings is 1. The molecule has 7 heteroatoms. The van der Waals surface area contributed by atoms with Crippen LogP contribution in [0.25, 0.3) is 0 Å². The summed E-state index contributed by atoms with van der Waals surface area (Å²) in [5.41, 5.74) is -0.337. The predicted octanol–water partition coefficient (Wildman–Crippen LogP) is 1.89. The SMILES string of the molecule is CCN(CC(=O)NC(C)(C)C)C(=O)[C@H]1CCCN(C(=O)c2ccco2)C1. The van der Waals surface area contributed by atoms with Crippen molar-refractivity contribution in [2.75, 3.05) is 26.2 Å². The van der Waals surface area contributed by atoms with Gasteiger partial charge in [0.1, 0.15) is 0 Å². The molecule has 7 nitrogen and oxygen atoms in total. The molecule has 0 saturated carbocycles. The first-order valence-corrected chi connectivity index (χ1v) is 9.14. The highest BCUT2D eigenvalue weighted by Crippen LogP contribution is 2.21. The summed E-state index contributed by atoms with van der Waals surface area (Å²) >= 11 is 0. The molecule has 0 spiro atoms. The van der Waals surface area contributed by atoms with Crippen molar-refractivity contribution in [1.82, 2.24) is 15.1 Å². The minimum Gasteiger partial charge on any atom is -0.459 e. The molecule has 1 aliphatic rings. The fourth-order valence-corrected chi connectivity index (χ4v) is 3.15. The molecule has 2 rings (SSSR count). The Bertz CT molecular complexity index is 634. The van der Waals surface area contributed by atoms with E-state index in [0.717, 1.165) is 12.8 Å². The number of carbonyl (C=O) groups is 3. The minimum absolute atomic E-state index is 0.0369. The van der Waals surface area contributed by atoms with Gasteiger partial charge in [-0.3, -0.25) is 14.4 Å². The summed E-state index contributed by atoms with van der Waals surface area (Å²) in [6.07, 6.45) is 2.94. The lowest BCUT2D eigenvalue weighted by Crippen LogP contribution is -2.51. The van der Waals surface area contributed by atoms with E-state index in [-0.39, 0.29) is 41.5 Å². The van der Waals surface area contributed by atoms with E-state index in [0.29, 0.717) is 19.6 Å². The van der Waals surface area contributed by atoms with Gasteiger partial charge in [0, 0.05) is 25.2 Å². The molecule has 1 fully saturated rings. The predicted molar refractivity (Wildman–Crippen MR) is 97.5 cm³/mol. The summed E-state index contributed by atoms with van der Waals surface area (Å²) in [4.78, 5) is 40.7. The molecule has 1 aliphatic heterocycles. The number of nitrogens with one attached hydrogen (secondary N) is 1. The maximum atomic E-state index is 12.9. The average Bonchev–Trinajstić information content (AvgIpc) is 3.11. The van der Waals surface area contributed by atoms with E-state index >= 15 is 0 Å². The fraction of sp³-hybridized carbons (Fsp3) is 0.632. The van der Waals surface area contributed by atoms with E-state index in [1.54, 1.807) is 21.9 Å². The normalized spacial score (nSPS) is 17.7. The van der Waals surface area contributed by atoms with E-state index in [1.165, 1.54) is 6.26 Å². The summed E-state index contributed by atoms with van der Waals surface area (Å²) in [6, 6.07) is 3.30. The Morgan fingerprint density at radius 3 is 2.65 bits per heavy atom. The van der Waals surface area contributed by atoms with E-state index in [4.69, 9.17) is 4.42 Å². The van der Waals surface area contributed by atoms with Crippen LogP contribution in [0.15, 0.2) is 22.8 Å². The zero-order chi connectivity index (χ0) is 19.3. The maximum absolute atomic E-state index is 12.9. The first-order chi connectivity index (χ1) is 12.2. The van der Waals surface area contributed by atoms with Gasteiger partial charge in [0.2, 0.25) is 11.8 Å². The van der Waals surface area contributed by atoms with Crippen molar-refractivity contribution in [3.05, 3.63) is 24.2 Å². The van der Waals surface area contributed by atoms with Crippen molar-refractivity contribution in [2.45, 2.75) is 46.1 Å². The molecule has 0 aromatic carbocycles. The third-order valence-corrected chi connectivity index (χ3v) is 4.33. The number of carbonyl (C=O) groups excluding carboxylic acids is 3. The molecule has 1 aromatic rings. The second kappa shape index (κ2) is 8.38. The first-order valence-electron chi connectivity index (χ1n) is 9.14. The molecule has 0 unspecified atom stereocenters.